The molecule has 34 heavy (non-hydrogen) atoms. The van der Waals surface area contributed by atoms with Crippen molar-refractivity contribution in [2.75, 3.05) is 18.4 Å². The Labute approximate surface area is 202 Å². The molecule has 0 spiro atoms. The zero-order valence-electron chi connectivity index (χ0n) is 20.1. The van der Waals surface area contributed by atoms with E-state index < -0.39 is 10.0 Å². The highest BCUT2D eigenvalue weighted by atomic mass is 32.2. The number of nitrogens with zero attached hydrogens (tertiary/aromatic N) is 1. The summed E-state index contributed by atoms with van der Waals surface area (Å²) < 4.78 is 27.7. The Hall–Kier alpha value is -2.71. The van der Waals surface area contributed by atoms with E-state index in [9.17, 15) is 18.0 Å². The van der Waals surface area contributed by atoms with Gasteiger partial charge in [0.2, 0.25) is 15.9 Å². The van der Waals surface area contributed by atoms with Crippen molar-refractivity contribution >= 4 is 27.5 Å². The van der Waals surface area contributed by atoms with Crippen LogP contribution in [0, 0.1) is 5.92 Å². The second kappa shape index (κ2) is 9.50. The van der Waals surface area contributed by atoms with Crippen LogP contribution in [0.4, 0.5) is 5.69 Å². The number of aryl methyl sites for hydroxylation is 2. The lowest BCUT2D eigenvalue weighted by atomic mass is 9.97. The number of amides is 2. The lowest BCUT2D eigenvalue weighted by Crippen LogP contribution is -2.41. The molecule has 4 rings (SSSR count). The average Bonchev–Trinajstić information content (AvgIpc) is 3.26. The highest BCUT2D eigenvalue weighted by Crippen LogP contribution is 2.29. The van der Waals surface area contributed by atoms with Crippen molar-refractivity contribution < 1.29 is 18.0 Å². The molecule has 2 aromatic carbocycles. The van der Waals surface area contributed by atoms with Crippen molar-refractivity contribution in [2.24, 2.45) is 5.92 Å². The third kappa shape index (κ3) is 5.50. The topological polar surface area (TPSA) is 95.6 Å². The number of carbonyl (C=O) groups is 2. The highest BCUT2D eigenvalue weighted by molar-refractivity contribution is 7.89. The largest absolute Gasteiger partial charge is 0.347 e. The van der Waals surface area contributed by atoms with E-state index >= 15 is 0 Å². The summed E-state index contributed by atoms with van der Waals surface area (Å²) in [6.07, 6.45) is 3.97. The van der Waals surface area contributed by atoms with Gasteiger partial charge in [-0.25, -0.2) is 8.42 Å². The number of carbonyl (C=O) groups excluding carboxylic acids is 2. The molecule has 0 radical (unpaired) electrons. The van der Waals surface area contributed by atoms with Gasteiger partial charge in [-0.1, -0.05) is 6.07 Å². The van der Waals surface area contributed by atoms with Crippen LogP contribution in [0.3, 0.4) is 0 Å². The van der Waals surface area contributed by atoms with Crippen molar-refractivity contribution in [2.45, 2.75) is 63.3 Å². The number of hydrogen-bond acceptors (Lipinski definition) is 4. The van der Waals surface area contributed by atoms with Crippen LogP contribution in [0.1, 0.15) is 61.5 Å². The van der Waals surface area contributed by atoms with Gasteiger partial charge in [0.25, 0.3) is 5.91 Å². The first-order valence-corrected chi connectivity index (χ1v) is 13.3. The monoisotopic (exact) mass is 483 g/mol. The molecular weight excluding hydrogens is 450 g/mol. The zero-order valence-corrected chi connectivity index (χ0v) is 20.9. The van der Waals surface area contributed by atoms with Gasteiger partial charge in [-0.15, -0.1) is 0 Å². The van der Waals surface area contributed by atoms with Crippen molar-refractivity contribution in [1.29, 1.82) is 0 Å². The lowest BCUT2D eigenvalue weighted by Gasteiger charge is -2.30. The summed E-state index contributed by atoms with van der Waals surface area (Å²) in [6, 6.07) is 12.3. The summed E-state index contributed by atoms with van der Waals surface area (Å²) in [5.41, 5.74) is 3.20. The molecule has 2 aliphatic rings. The Morgan fingerprint density at radius 2 is 1.59 bits per heavy atom. The summed E-state index contributed by atoms with van der Waals surface area (Å²) in [7, 11) is -3.55. The molecule has 1 saturated heterocycles. The van der Waals surface area contributed by atoms with Crippen molar-refractivity contribution in [3.63, 3.8) is 0 Å². The van der Waals surface area contributed by atoms with Crippen LogP contribution in [0.2, 0.25) is 0 Å². The minimum atomic E-state index is -3.55. The standard InChI is InChI=1S/C26H33N3O4S/c1-26(2,3)28-25(31)19-7-10-22(11-8-19)27-24(30)20-13-15-29(16-14-20)34(32,33)23-12-9-18-5-4-6-21(18)17-23/h7-12,17,20H,4-6,13-16H2,1-3H3,(H,27,30)(H,28,31). The summed E-state index contributed by atoms with van der Waals surface area (Å²) in [5.74, 6) is -0.542. The van der Waals surface area contributed by atoms with Crippen LogP contribution in [-0.2, 0) is 27.7 Å². The van der Waals surface area contributed by atoms with Gasteiger partial charge in [-0.05, 0) is 100 Å². The fourth-order valence-electron chi connectivity index (χ4n) is 4.58. The molecule has 1 fully saturated rings. The first kappa shape index (κ1) is 24.4. The van der Waals surface area contributed by atoms with Gasteiger partial charge in [0.1, 0.15) is 0 Å². The smallest absolute Gasteiger partial charge is 0.251 e. The van der Waals surface area contributed by atoms with E-state index in [1.165, 1.54) is 9.87 Å². The summed E-state index contributed by atoms with van der Waals surface area (Å²) in [4.78, 5) is 25.4. The molecule has 2 amide bonds. The lowest BCUT2D eigenvalue weighted by molar-refractivity contribution is -0.120. The molecule has 0 unspecified atom stereocenters. The van der Waals surface area contributed by atoms with Gasteiger partial charge in [0.15, 0.2) is 0 Å². The molecule has 1 aliphatic carbocycles. The molecule has 0 atom stereocenters. The molecular formula is C26H33N3O4S. The van der Waals surface area contributed by atoms with Crippen LogP contribution < -0.4 is 10.6 Å². The first-order chi connectivity index (χ1) is 16.0. The van der Waals surface area contributed by atoms with Gasteiger partial charge < -0.3 is 10.6 Å². The van der Waals surface area contributed by atoms with Crippen molar-refractivity contribution in [1.82, 2.24) is 9.62 Å². The molecule has 0 aromatic heterocycles. The van der Waals surface area contributed by atoms with Gasteiger partial charge in [0.05, 0.1) is 4.90 Å². The fourth-order valence-corrected chi connectivity index (χ4v) is 6.10. The number of fused-ring (bicyclic) bond motifs is 1. The predicted molar refractivity (Wildman–Crippen MR) is 132 cm³/mol. The molecule has 1 aliphatic heterocycles. The Kier molecular flexibility index (Phi) is 6.82. The second-order valence-electron chi connectivity index (χ2n) is 10.2. The summed E-state index contributed by atoms with van der Waals surface area (Å²) >= 11 is 0. The highest BCUT2D eigenvalue weighted by Gasteiger charge is 2.32. The molecule has 2 N–H and O–H groups in total. The van der Waals surface area contributed by atoms with Crippen LogP contribution in [0.25, 0.3) is 0 Å². The minimum Gasteiger partial charge on any atom is -0.347 e. The fraction of sp³-hybridized carbons (Fsp3) is 0.462. The number of nitrogens with one attached hydrogen (secondary N) is 2. The Morgan fingerprint density at radius 1 is 0.941 bits per heavy atom. The summed E-state index contributed by atoms with van der Waals surface area (Å²) in [5, 5.41) is 5.81. The Morgan fingerprint density at radius 3 is 2.24 bits per heavy atom. The maximum atomic E-state index is 13.1. The number of hydrogen-bond donors (Lipinski definition) is 2. The zero-order chi connectivity index (χ0) is 24.5. The van der Waals surface area contributed by atoms with Crippen molar-refractivity contribution in [3.8, 4) is 0 Å². The van der Waals surface area contributed by atoms with Crippen LogP contribution in [-0.4, -0.2) is 43.2 Å². The van der Waals surface area contributed by atoms with E-state index in [-0.39, 0.29) is 23.3 Å². The number of rotatable bonds is 5. The van der Waals surface area contributed by atoms with E-state index in [4.69, 9.17) is 0 Å². The molecule has 0 bridgehead atoms. The van der Waals surface area contributed by atoms with Gasteiger partial charge in [0, 0.05) is 35.8 Å². The van der Waals surface area contributed by atoms with E-state index in [1.54, 1.807) is 30.3 Å². The van der Waals surface area contributed by atoms with E-state index in [2.05, 4.69) is 10.6 Å². The Bertz CT molecular complexity index is 1180. The van der Waals surface area contributed by atoms with Crippen LogP contribution in [0.15, 0.2) is 47.4 Å². The predicted octanol–water partition coefficient (Wildman–Crippen LogP) is 3.74. The van der Waals surface area contributed by atoms with Gasteiger partial charge >= 0.3 is 0 Å². The SMILES string of the molecule is CC(C)(C)NC(=O)c1ccc(NC(=O)C2CCN(S(=O)(=O)c3ccc4c(c3)CCC4)CC2)cc1. The molecule has 0 saturated carbocycles. The first-order valence-electron chi connectivity index (χ1n) is 11.9. The maximum absolute atomic E-state index is 13.1. The number of anilines is 1. The van der Waals surface area contributed by atoms with Crippen LogP contribution in [0.5, 0.6) is 0 Å². The third-order valence-corrected chi connectivity index (χ3v) is 8.33. The molecule has 7 nitrogen and oxygen atoms in total. The third-order valence-electron chi connectivity index (χ3n) is 6.44. The normalized spacial score (nSPS) is 17.3. The molecule has 8 heteroatoms. The van der Waals surface area contributed by atoms with E-state index in [1.807, 2.05) is 32.9 Å². The van der Waals surface area contributed by atoms with E-state index in [0.717, 1.165) is 24.8 Å². The molecule has 2 aromatic rings. The number of benzene rings is 2. The second-order valence-corrected chi connectivity index (χ2v) is 12.2. The number of sulfonamides is 1. The minimum absolute atomic E-state index is 0.124. The van der Waals surface area contributed by atoms with Crippen molar-refractivity contribution in [3.05, 3.63) is 59.2 Å². The molecule has 182 valence electrons. The maximum Gasteiger partial charge on any atom is 0.251 e. The van der Waals surface area contributed by atoms with Gasteiger partial charge in [-0.3, -0.25) is 9.59 Å². The number of piperidine rings is 1. The average molecular weight is 484 g/mol. The quantitative estimate of drug-likeness (QED) is 0.677. The summed E-state index contributed by atoms with van der Waals surface area (Å²) in [6.45, 7) is 6.40. The van der Waals surface area contributed by atoms with Gasteiger partial charge in [-0.2, -0.15) is 4.31 Å². The van der Waals surface area contributed by atoms with E-state index in [0.29, 0.717) is 42.1 Å². The van der Waals surface area contributed by atoms with Crippen LogP contribution >= 0.6 is 0 Å². The Balaban J connectivity index is 1.32. The molecule has 1 heterocycles.